The van der Waals surface area contributed by atoms with Crippen molar-refractivity contribution in [2.24, 2.45) is 4.99 Å². The Labute approximate surface area is 102 Å². The van der Waals surface area contributed by atoms with E-state index in [4.69, 9.17) is 0 Å². The Morgan fingerprint density at radius 1 is 1.38 bits per heavy atom. The van der Waals surface area contributed by atoms with Gasteiger partial charge in [-0.25, -0.2) is 0 Å². The molecule has 1 aromatic rings. The summed E-state index contributed by atoms with van der Waals surface area (Å²) in [6, 6.07) is 8.45. The lowest BCUT2D eigenvalue weighted by molar-refractivity contribution is 0.843. The minimum atomic E-state index is 0.663. The standard InChI is InChI=1S/C13H18N2S/c1-3-10-7-5-6-8-12(10)15-13-14-9-11(4-2)16-13/h5-8,11H,3-4,9H2,1-2H3,(H,14,15). The van der Waals surface area contributed by atoms with E-state index in [1.165, 1.54) is 17.7 Å². The number of benzene rings is 1. The zero-order valence-corrected chi connectivity index (χ0v) is 10.7. The summed E-state index contributed by atoms with van der Waals surface area (Å²) in [6.07, 6.45) is 2.24. The van der Waals surface area contributed by atoms with Gasteiger partial charge in [-0.15, -0.1) is 0 Å². The number of nitrogens with zero attached hydrogens (tertiary/aromatic N) is 1. The third kappa shape index (κ3) is 2.59. The van der Waals surface area contributed by atoms with Gasteiger partial charge in [0, 0.05) is 10.9 Å². The second-order valence-electron chi connectivity index (χ2n) is 3.93. The smallest absolute Gasteiger partial charge is 0.161 e. The molecule has 1 heterocycles. The fourth-order valence-corrected chi connectivity index (χ4v) is 2.71. The van der Waals surface area contributed by atoms with Gasteiger partial charge < -0.3 is 5.32 Å². The number of aryl methyl sites for hydroxylation is 1. The largest absolute Gasteiger partial charge is 0.335 e. The molecule has 0 spiro atoms. The molecule has 1 aliphatic rings. The van der Waals surface area contributed by atoms with Gasteiger partial charge in [0.05, 0.1) is 6.54 Å². The van der Waals surface area contributed by atoms with Crippen molar-refractivity contribution in [3.63, 3.8) is 0 Å². The number of hydrogen-bond donors (Lipinski definition) is 1. The number of anilines is 1. The Kier molecular flexibility index (Phi) is 3.88. The predicted octanol–water partition coefficient (Wildman–Crippen LogP) is 3.54. The van der Waals surface area contributed by atoms with E-state index >= 15 is 0 Å². The molecule has 0 saturated carbocycles. The Morgan fingerprint density at radius 3 is 2.88 bits per heavy atom. The quantitative estimate of drug-likeness (QED) is 0.865. The molecule has 2 nitrogen and oxygen atoms in total. The molecule has 0 saturated heterocycles. The van der Waals surface area contributed by atoms with E-state index < -0.39 is 0 Å². The van der Waals surface area contributed by atoms with Crippen LogP contribution in [0.1, 0.15) is 25.8 Å². The SMILES string of the molecule is CCc1ccccc1NC1=NCC(CC)S1. The van der Waals surface area contributed by atoms with Crippen LogP contribution in [-0.2, 0) is 6.42 Å². The average molecular weight is 234 g/mol. The number of aliphatic imine (C=N–C) groups is 1. The number of hydrogen-bond acceptors (Lipinski definition) is 3. The summed E-state index contributed by atoms with van der Waals surface area (Å²) in [5.41, 5.74) is 2.55. The summed E-state index contributed by atoms with van der Waals surface area (Å²) in [7, 11) is 0. The molecule has 0 aliphatic carbocycles. The van der Waals surface area contributed by atoms with Crippen LogP contribution in [0.25, 0.3) is 0 Å². The highest BCUT2D eigenvalue weighted by Gasteiger charge is 2.17. The first-order valence-corrected chi connectivity index (χ1v) is 6.77. The summed E-state index contributed by atoms with van der Waals surface area (Å²) in [4.78, 5) is 4.53. The first kappa shape index (κ1) is 11.5. The van der Waals surface area contributed by atoms with Gasteiger partial charge >= 0.3 is 0 Å². The molecule has 16 heavy (non-hydrogen) atoms. The average Bonchev–Trinajstić information content (AvgIpc) is 2.77. The van der Waals surface area contributed by atoms with Crippen molar-refractivity contribution in [3.05, 3.63) is 29.8 Å². The number of nitrogens with one attached hydrogen (secondary N) is 1. The van der Waals surface area contributed by atoms with E-state index in [0.717, 1.165) is 18.1 Å². The van der Waals surface area contributed by atoms with Gasteiger partial charge in [0.1, 0.15) is 0 Å². The predicted molar refractivity (Wildman–Crippen MR) is 73.4 cm³/mol. The summed E-state index contributed by atoms with van der Waals surface area (Å²) in [5.74, 6) is 0. The molecule has 0 radical (unpaired) electrons. The number of amidine groups is 1. The van der Waals surface area contributed by atoms with Crippen molar-refractivity contribution in [1.82, 2.24) is 0 Å². The molecule has 0 fully saturated rings. The van der Waals surface area contributed by atoms with Crippen LogP contribution < -0.4 is 5.32 Å². The number of thioether (sulfide) groups is 1. The third-order valence-electron chi connectivity index (χ3n) is 2.81. The van der Waals surface area contributed by atoms with Crippen LogP contribution in [0.5, 0.6) is 0 Å². The molecule has 2 rings (SSSR count). The molecule has 1 aliphatic heterocycles. The lowest BCUT2D eigenvalue weighted by atomic mass is 10.1. The van der Waals surface area contributed by atoms with Crippen molar-refractivity contribution in [3.8, 4) is 0 Å². The van der Waals surface area contributed by atoms with Crippen molar-refractivity contribution < 1.29 is 0 Å². The topological polar surface area (TPSA) is 24.4 Å². The molecular formula is C13H18N2S. The summed E-state index contributed by atoms with van der Waals surface area (Å²) in [6.45, 7) is 5.35. The highest BCUT2D eigenvalue weighted by atomic mass is 32.2. The van der Waals surface area contributed by atoms with Gasteiger partial charge in [0.25, 0.3) is 0 Å². The maximum absolute atomic E-state index is 4.53. The lowest BCUT2D eigenvalue weighted by Crippen LogP contribution is -2.08. The first-order valence-electron chi connectivity index (χ1n) is 5.89. The lowest BCUT2D eigenvalue weighted by Gasteiger charge is -2.10. The second-order valence-corrected chi connectivity index (χ2v) is 5.22. The summed E-state index contributed by atoms with van der Waals surface area (Å²) >= 11 is 1.86. The second kappa shape index (κ2) is 5.39. The Bertz CT molecular complexity index is 387. The normalized spacial score (nSPS) is 19.6. The van der Waals surface area contributed by atoms with E-state index in [9.17, 15) is 0 Å². The highest BCUT2D eigenvalue weighted by Crippen LogP contribution is 2.25. The van der Waals surface area contributed by atoms with Gasteiger partial charge in [-0.2, -0.15) is 0 Å². The third-order valence-corrected chi connectivity index (χ3v) is 4.08. The first-order chi connectivity index (χ1) is 7.83. The van der Waals surface area contributed by atoms with Crippen LogP contribution in [0.15, 0.2) is 29.3 Å². The van der Waals surface area contributed by atoms with Gasteiger partial charge in [-0.05, 0) is 24.5 Å². The molecule has 1 aromatic carbocycles. The highest BCUT2D eigenvalue weighted by molar-refractivity contribution is 8.15. The van der Waals surface area contributed by atoms with E-state index in [1.807, 2.05) is 11.8 Å². The maximum atomic E-state index is 4.53. The Balaban J connectivity index is 2.04. The number of para-hydroxylation sites is 1. The molecule has 1 atom stereocenters. The Morgan fingerprint density at radius 2 is 2.19 bits per heavy atom. The minimum Gasteiger partial charge on any atom is -0.335 e. The maximum Gasteiger partial charge on any atom is 0.161 e. The van der Waals surface area contributed by atoms with Crippen LogP contribution in [0, 0.1) is 0 Å². The Hall–Kier alpha value is -0.960. The van der Waals surface area contributed by atoms with Crippen molar-refractivity contribution >= 4 is 22.6 Å². The van der Waals surface area contributed by atoms with Crippen LogP contribution in [0.4, 0.5) is 5.69 Å². The van der Waals surface area contributed by atoms with Gasteiger partial charge in [0.15, 0.2) is 5.17 Å². The van der Waals surface area contributed by atoms with E-state index in [1.54, 1.807) is 0 Å². The zero-order valence-electron chi connectivity index (χ0n) is 9.86. The molecular weight excluding hydrogens is 216 g/mol. The zero-order chi connectivity index (χ0) is 11.4. The van der Waals surface area contributed by atoms with Crippen molar-refractivity contribution in [2.45, 2.75) is 31.9 Å². The van der Waals surface area contributed by atoms with Crippen LogP contribution >= 0.6 is 11.8 Å². The molecule has 86 valence electrons. The van der Waals surface area contributed by atoms with E-state index in [-0.39, 0.29) is 0 Å². The van der Waals surface area contributed by atoms with E-state index in [2.05, 4.69) is 48.4 Å². The van der Waals surface area contributed by atoms with Crippen molar-refractivity contribution in [2.75, 3.05) is 11.9 Å². The molecule has 1 N–H and O–H groups in total. The van der Waals surface area contributed by atoms with Gasteiger partial charge in [-0.3, -0.25) is 4.99 Å². The van der Waals surface area contributed by atoms with Crippen molar-refractivity contribution in [1.29, 1.82) is 0 Å². The molecule has 0 aromatic heterocycles. The number of rotatable bonds is 3. The van der Waals surface area contributed by atoms with E-state index in [0.29, 0.717) is 5.25 Å². The molecule has 1 unspecified atom stereocenters. The molecule has 0 bridgehead atoms. The van der Waals surface area contributed by atoms with Gasteiger partial charge in [-0.1, -0.05) is 43.8 Å². The minimum absolute atomic E-state index is 0.663. The monoisotopic (exact) mass is 234 g/mol. The van der Waals surface area contributed by atoms with Crippen LogP contribution in [0.2, 0.25) is 0 Å². The fourth-order valence-electron chi connectivity index (χ4n) is 1.76. The van der Waals surface area contributed by atoms with Crippen LogP contribution in [-0.4, -0.2) is 17.0 Å². The molecule has 3 heteroatoms. The molecule has 0 amide bonds. The van der Waals surface area contributed by atoms with Crippen LogP contribution in [0.3, 0.4) is 0 Å². The summed E-state index contributed by atoms with van der Waals surface area (Å²) < 4.78 is 0. The summed E-state index contributed by atoms with van der Waals surface area (Å²) in [5, 5.41) is 5.18. The van der Waals surface area contributed by atoms with Gasteiger partial charge in [0.2, 0.25) is 0 Å². The fraction of sp³-hybridized carbons (Fsp3) is 0.462.